The molecule has 0 radical (unpaired) electrons. The highest BCUT2D eigenvalue weighted by Gasteiger charge is 2.49. The summed E-state index contributed by atoms with van der Waals surface area (Å²) in [5, 5.41) is 9.84. The Labute approximate surface area is 97.5 Å². The van der Waals surface area contributed by atoms with E-state index < -0.39 is 15.4 Å². The average molecular weight is 244 g/mol. The fourth-order valence-electron chi connectivity index (χ4n) is 3.12. The van der Waals surface area contributed by atoms with E-state index in [9.17, 15) is 13.5 Å². The van der Waals surface area contributed by atoms with E-state index in [1.807, 2.05) is 0 Å². The summed E-state index contributed by atoms with van der Waals surface area (Å²) in [6.07, 6.45) is 6.52. The summed E-state index contributed by atoms with van der Waals surface area (Å²) in [6, 6.07) is 0. The van der Waals surface area contributed by atoms with Crippen molar-refractivity contribution in [2.45, 2.75) is 61.0 Å². The van der Waals surface area contributed by atoms with Gasteiger partial charge >= 0.3 is 0 Å². The summed E-state index contributed by atoms with van der Waals surface area (Å²) < 4.78 is 24.1. The quantitative estimate of drug-likeness (QED) is 0.770. The van der Waals surface area contributed by atoms with Crippen LogP contribution in [-0.2, 0) is 9.84 Å². The minimum absolute atomic E-state index is 0.296. The topological polar surface area (TPSA) is 54.4 Å². The average Bonchev–Trinajstić information content (AvgIpc) is 2.18. The first-order valence-electron chi connectivity index (χ1n) is 6.04. The third kappa shape index (κ3) is 2.05. The minimum atomic E-state index is -2.95. The lowest BCUT2D eigenvalue weighted by Crippen LogP contribution is -2.51. The lowest BCUT2D eigenvalue weighted by atomic mass is 9.82. The zero-order chi connectivity index (χ0) is 11.8. The molecular formula is C12H20O3S. The molecule has 2 rings (SSSR count). The first kappa shape index (κ1) is 12.1. The Kier molecular flexibility index (Phi) is 3.14. The molecule has 2 heterocycles. The van der Waals surface area contributed by atoms with Gasteiger partial charge < -0.3 is 5.11 Å². The Morgan fingerprint density at radius 3 is 2.38 bits per heavy atom. The molecule has 2 bridgehead atoms. The maximum absolute atomic E-state index is 12.0. The van der Waals surface area contributed by atoms with E-state index in [4.69, 9.17) is 0 Å². The van der Waals surface area contributed by atoms with E-state index in [2.05, 4.69) is 6.58 Å². The molecule has 0 aromatic heterocycles. The fraction of sp³-hybridized carbons (Fsp3) is 0.833. The van der Waals surface area contributed by atoms with E-state index in [0.29, 0.717) is 19.3 Å². The van der Waals surface area contributed by atoms with E-state index in [1.165, 1.54) is 0 Å². The number of sulfone groups is 1. The van der Waals surface area contributed by atoms with Gasteiger partial charge in [-0.2, -0.15) is 0 Å². The molecular weight excluding hydrogens is 224 g/mol. The second-order valence-corrected chi connectivity index (χ2v) is 7.74. The molecule has 92 valence electrons. The van der Waals surface area contributed by atoms with Gasteiger partial charge in [0.25, 0.3) is 0 Å². The summed E-state index contributed by atoms with van der Waals surface area (Å²) >= 11 is 0. The minimum Gasteiger partial charge on any atom is -0.390 e. The summed E-state index contributed by atoms with van der Waals surface area (Å²) in [7, 11) is -2.95. The van der Waals surface area contributed by atoms with Gasteiger partial charge in [-0.3, -0.25) is 0 Å². The van der Waals surface area contributed by atoms with Crippen LogP contribution < -0.4 is 0 Å². The van der Waals surface area contributed by atoms with Crippen molar-refractivity contribution in [3.63, 3.8) is 0 Å². The zero-order valence-electron chi connectivity index (χ0n) is 9.56. The van der Waals surface area contributed by atoms with Crippen LogP contribution in [0.3, 0.4) is 0 Å². The molecule has 2 unspecified atom stereocenters. The summed E-state index contributed by atoms with van der Waals surface area (Å²) in [5.74, 6) is 0. The highest BCUT2D eigenvalue weighted by atomic mass is 32.2. The lowest BCUT2D eigenvalue weighted by molar-refractivity contribution is 0.00256. The van der Waals surface area contributed by atoms with Gasteiger partial charge in [0.2, 0.25) is 0 Å². The van der Waals surface area contributed by atoms with Gasteiger partial charge in [0.1, 0.15) is 0 Å². The molecule has 4 heteroatoms. The largest absolute Gasteiger partial charge is 0.390 e. The van der Waals surface area contributed by atoms with Gasteiger partial charge in [-0.25, -0.2) is 8.42 Å². The molecule has 1 N–H and O–H groups in total. The third-order valence-corrected chi connectivity index (χ3v) is 6.67. The second kappa shape index (κ2) is 4.15. The molecule has 2 aliphatic rings. The summed E-state index contributed by atoms with van der Waals surface area (Å²) in [5.41, 5.74) is -0.769. The zero-order valence-corrected chi connectivity index (χ0v) is 10.4. The van der Waals surface area contributed by atoms with Crippen molar-refractivity contribution in [2.75, 3.05) is 0 Å². The lowest BCUT2D eigenvalue weighted by Gasteiger charge is -2.43. The second-order valence-electron chi connectivity index (χ2n) is 5.22. The van der Waals surface area contributed by atoms with E-state index in [1.54, 1.807) is 6.08 Å². The van der Waals surface area contributed by atoms with Gasteiger partial charge in [0.15, 0.2) is 9.84 Å². The van der Waals surface area contributed by atoms with Crippen LogP contribution in [0.5, 0.6) is 0 Å². The molecule has 2 aliphatic heterocycles. The molecule has 0 aromatic carbocycles. The van der Waals surface area contributed by atoms with Crippen molar-refractivity contribution in [3.05, 3.63) is 12.7 Å². The summed E-state index contributed by atoms with van der Waals surface area (Å²) in [4.78, 5) is 0. The van der Waals surface area contributed by atoms with Gasteiger partial charge in [-0.1, -0.05) is 12.5 Å². The Hall–Kier alpha value is -0.350. The van der Waals surface area contributed by atoms with Gasteiger partial charge in [-0.15, -0.1) is 6.58 Å². The fourth-order valence-corrected chi connectivity index (χ4v) is 5.74. The molecule has 3 nitrogen and oxygen atoms in total. The monoisotopic (exact) mass is 244 g/mol. The molecule has 0 amide bonds. The molecule has 0 saturated carbocycles. The van der Waals surface area contributed by atoms with Crippen molar-refractivity contribution < 1.29 is 13.5 Å². The standard InChI is InChI=1S/C12H20O3S/c1-2-3-7-12(13)8-10-5-4-6-11(9-12)16(10,14)15/h2,10-11,13H,1,3-9H2. The predicted octanol–water partition coefficient (Wildman–Crippen LogP) is 1.81. The van der Waals surface area contributed by atoms with Crippen molar-refractivity contribution in [1.82, 2.24) is 0 Å². The van der Waals surface area contributed by atoms with Gasteiger partial charge in [0, 0.05) is 0 Å². The van der Waals surface area contributed by atoms with Crippen LogP contribution >= 0.6 is 0 Å². The first-order valence-corrected chi connectivity index (χ1v) is 7.65. The van der Waals surface area contributed by atoms with Crippen LogP contribution in [0.1, 0.15) is 44.9 Å². The van der Waals surface area contributed by atoms with E-state index in [-0.39, 0.29) is 10.5 Å². The number of hydrogen-bond acceptors (Lipinski definition) is 3. The van der Waals surface area contributed by atoms with Crippen molar-refractivity contribution in [2.24, 2.45) is 0 Å². The van der Waals surface area contributed by atoms with Crippen LogP contribution in [0.4, 0.5) is 0 Å². The van der Waals surface area contributed by atoms with Crippen LogP contribution in [0.25, 0.3) is 0 Å². The third-order valence-electron chi connectivity index (χ3n) is 4.01. The number of aliphatic hydroxyl groups is 1. The van der Waals surface area contributed by atoms with E-state index in [0.717, 1.165) is 25.7 Å². The summed E-state index contributed by atoms with van der Waals surface area (Å²) in [6.45, 7) is 3.65. The smallest absolute Gasteiger partial charge is 0.156 e. The Morgan fingerprint density at radius 1 is 1.31 bits per heavy atom. The normalized spacial score (nSPS) is 41.6. The van der Waals surface area contributed by atoms with Gasteiger partial charge in [-0.05, 0) is 38.5 Å². The first-order chi connectivity index (χ1) is 7.48. The molecule has 0 aromatic rings. The Balaban J connectivity index is 2.17. The number of allylic oxidation sites excluding steroid dienone is 1. The number of rotatable bonds is 3. The number of hydrogen-bond donors (Lipinski definition) is 1. The molecule has 2 atom stereocenters. The molecule has 0 aliphatic carbocycles. The van der Waals surface area contributed by atoms with Crippen molar-refractivity contribution in [1.29, 1.82) is 0 Å². The van der Waals surface area contributed by atoms with Crippen LogP contribution in [-0.4, -0.2) is 29.6 Å². The van der Waals surface area contributed by atoms with Crippen LogP contribution in [0.15, 0.2) is 12.7 Å². The maximum atomic E-state index is 12.0. The van der Waals surface area contributed by atoms with E-state index >= 15 is 0 Å². The Morgan fingerprint density at radius 2 is 1.88 bits per heavy atom. The SMILES string of the molecule is C=CCCC1(O)CC2CCCC(C1)S2(=O)=O. The predicted molar refractivity (Wildman–Crippen MR) is 64.0 cm³/mol. The van der Waals surface area contributed by atoms with Crippen LogP contribution in [0, 0.1) is 0 Å². The molecule has 16 heavy (non-hydrogen) atoms. The molecule has 2 saturated heterocycles. The highest BCUT2D eigenvalue weighted by molar-refractivity contribution is 7.92. The Bertz CT molecular complexity index is 352. The molecule has 0 spiro atoms. The highest BCUT2D eigenvalue weighted by Crippen LogP contribution is 2.43. The molecule has 2 fully saturated rings. The van der Waals surface area contributed by atoms with Gasteiger partial charge in [0.05, 0.1) is 16.1 Å². The van der Waals surface area contributed by atoms with Crippen molar-refractivity contribution in [3.8, 4) is 0 Å². The van der Waals surface area contributed by atoms with Crippen LogP contribution in [0.2, 0.25) is 0 Å². The maximum Gasteiger partial charge on any atom is 0.156 e. The van der Waals surface area contributed by atoms with Crippen molar-refractivity contribution >= 4 is 9.84 Å². The number of fused-ring (bicyclic) bond motifs is 2.